The van der Waals surface area contributed by atoms with Crippen LogP contribution in [-0.2, 0) is 23.1 Å². The quantitative estimate of drug-likeness (QED) is 0.0540. The lowest BCUT2D eigenvalue weighted by molar-refractivity contribution is -0.206. The lowest BCUT2D eigenvalue weighted by atomic mass is 9.86. The van der Waals surface area contributed by atoms with Gasteiger partial charge < -0.3 is 28.5 Å². The third kappa shape index (κ3) is 14.8. The van der Waals surface area contributed by atoms with E-state index in [0.29, 0.717) is 28.8 Å². The van der Waals surface area contributed by atoms with Crippen LogP contribution in [-0.4, -0.2) is 70.6 Å². The van der Waals surface area contributed by atoms with Crippen molar-refractivity contribution in [2.45, 2.75) is 238 Å². The molecule has 0 saturated heterocycles. The van der Waals surface area contributed by atoms with E-state index >= 15 is 0 Å². The minimum atomic E-state index is -1.98. The molecule has 0 aromatic carbocycles. The molecule has 1 heterocycles. The molecule has 0 bridgehead atoms. The van der Waals surface area contributed by atoms with Gasteiger partial charge in [0.2, 0.25) is 5.79 Å². The summed E-state index contributed by atoms with van der Waals surface area (Å²) in [5.41, 5.74) is 5.41. The molecule has 0 aliphatic carbocycles. The van der Waals surface area contributed by atoms with E-state index in [1.807, 2.05) is 0 Å². The Labute approximate surface area is 330 Å². The van der Waals surface area contributed by atoms with Crippen LogP contribution >= 0.6 is 0 Å². The Morgan fingerprint density at radius 3 is 1.75 bits per heavy atom. The highest BCUT2D eigenvalue weighted by Crippen LogP contribution is 2.42. The molecule has 7 nitrogen and oxygen atoms in total. The average molecular weight is 797 g/mol. The van der Waals surface area contributed by atoms with E-state index in [2.05, 4.69) is 108 Å². The van der Waals surface area contributed by atoms with E-state index in [1.54, 1.807) is 13.8 Å². The van der Waals surface area contributed by atoms with E-state index < -0.39 is 48.7 Å². The van der Waals surface area contributed by atoms with Gasteiger partial charge in [0, 0.05) is 33.1 Å². The van der Waals surface area contributed by atoms with Crippen LogP contribution in [0, 0.1) is 17.4 Å². The standard InChI is InChI=1S/C43H84O7Si3/c1-17-51(18-2,19-3)49-40(36(13)25-26-37(44)29-38(45)30-39-31-41(46)48-42(14,15)47-39)32-43(16,50-52(20-4,21-5)22-6)27-23-24-28-53(33(7)8,34(9)10)35(11)12/h31,33-38,40,44-45H,17-23,25-27,29-30,32H2,1-16H3/t36-,37+,38-,40+,43-/m1/s1. The van der Waals surface area contributed by atoms with Gasteiger partial charge in [0.25, 0.3) is 0 Å². The summed E-state index contributed by atoms with van der Waals surface area (Å²) in [6, 6.07) is 6.52. The van der Waals surface area contributed by atoms with E-state index in [4.69, 9.17) is 18.3 Å². The Bertz CT molecular complexity index is 1140. The summed E-state index contributed by atoms with van der Waals surface area (Å²) in [5, 5.41) is 22.0. The van der Waals surface area contributed by atoms with Gasteiger partial charge in [-0.1, -0.05) is 90.0 Å². The van der Waals surface area contributed by atoms with Gasteiger partial charge in [-0.25, -0.2) is 4.79 Å². The van der Waals surface area contributed by atoms with Crippen molar-refractivity contribution < 1.29 is 33.3 Å². The molecular weight excluding hydrogens is 713 g/mol. The third-order valence-corrected chi connectivity index (χ3v) is 28.7. The number of hydrogen-bond donors (Lipinski definition) is 2. The van der Waals surface area contributed by atoms with Crippen LogP contribution in [0.25, 0.3) is 0 Å². The van der Waals surface area contributed by atoms with Crippen LogP contribution in [0.1, 0.15) is 156 Å². The van der Waals surface area contributed by atoms with Crippen molar-refractivity contribution in [3.63, 3.8) is 0 Å². The van der Waals surface area contributed by atoms with Crippen LogP contribution in [0.4, 0.5) is 0 Å². The fourth-order valence-corrected chi connectivity index (χ4v) is 20.4. The van der Waals surface area contributed by atoms with E-state index in [9.17, 15) is 15.0 Å². The lowest BCUT2D eigenvalue weighted by Gasteiger charge is -2.45. The van der Waals surface area contributed by atoms with Gasteiger partial charge in [0.1, 0.15) is 13.8 Å². The van der Waals surface area contributed by atoms with Crippen LogP contribution in [0.2, 0.25) is 52.9 Å². The number of ether oxygens (including phenoxy) is 2. The van der Waals surface area contributed by atoms with Gasteiger partial charge in [0.05, 0.1) is 30.0 Å². The molecule has 0 saturated carbocycles. The molecule has 0 amide bonds. The molecule has 0 fully saturated rings. The number of aliphatic hydroxyl groups is 2. The number of carbonyl (C=O) groups is 1. The number of esters is 1. The molecular formula is C43H84O7Si3. The van der Waals surface area contributed by atoms with Crippen molar-refractivity contribution >= 4 is 30.7 Å². The number of hydrogen-bond acceptors (Lipinski definition) is 7. The summed E-state index contributed by atoms with van der Waals surface area (Å²) in [6.07, 6.45) is 3.97. The Morgan fingerprint density at radius 2 is 1.30 bits per heavy atom. The van der Waals surface area contributed by atoms with Gasteiger partial charge in [0.15, 0.2) is 16.6 Å². The maximum atomic E-state index is 12.0. The molecule has 0 aromatic rings. The van der Waals surface area contributed by atoms with Crippen molar-refractivity contribution in [3.05, 3.63) is 11.8 Å². The first kappa shape index (κ1) is 50.1. The second kappa shape index (κ2) is 22.1. The smallest absolute Gasteiger partial charge is 0.337 e. The van der Waals surface area contributed by atoms with Gasteiger partial charge >= 0.3 is 5.97 Å². The van der Waals surface area contributed by atoms with Gasteiger partial charge in [-0.3, -0.25) is 0 Å². The average Bonchev–Trinajstić information content (AvgIpc) is 3.06. The Morgan fingerprint density at radius 1 is 0.792 bits per heavy atom. The molecule has 10 heteroatoms. The monoisotopic (exact) mass is 797 g/mol. The minimum absolute atomic E-state index is 0.00152. The molecule has 1 rings (SSSR count). The Balaban J connectivity index is 3.38. The lowest BCUT2D eigenvalue weighted by Crippen LogP contribution is -2.50. The van der Waals surface area contributed by atoms with Crippen LogP contribution in [0.3, 0.4) is 0 Å². The molecule has 0 unspecified atom stereocenters. The molecule has 5 atom stereocenters. The van der Waals surface area contributed by atoms with Crippen molar-refractivity contribution in [1.29, 1.82) is 0 Å². The normalized spacial score (nSPS) is 18.8. The van der Waals surface area contributed by atoms with Crippen LogP contribution in [0.15, 0.2) is 11.8 Å². The number of cyclic esters (lactones) is 1. The van der Waals surface area contributed by atoms with Crippen molar-refractivity contribution in [2.24, 2.45) is 5.92 Å². The third-order valence-electron chi connectivity index (χ3n) is 12.9. The zero-order chi connectivity index (χ0) is 40.8. The van der Waals surface area contributed by atoms with E-state index in [1.165, 1.54) is 6.08 Å². The Hall–Kier alpha value is -0.939. The second-order valence-electron chi connectivity index (χ2n) is 17.9. The zero-order valence-corrected chi connectivity index (χ0v) is 40.2. The second-order valence-corrected chi connectivity index (χ2v) is 32.9. The van der Waals surface area contributed by atoms with Crippen LogP contribution in [0.5, 0.6) is 0 Å². The summed E-state index contributed by atoms with van der Waals surface area (Å²) in [4.78, 5) is 12.0. The minimum Gasteiger partial charge on any atom is -0.457 e. The van der Waals surface area contributed by atoms with Gasteiger partial charge in [-0.15, -0.1) is 11.5 Å². The number of carbonyl (C=O) groups excluding carboxylic acids is 1. The highest BCUT2D eigenvalue weighted by molar-refractivity contribution is 6.90. The molecule has 0 aromatic heterocycles. The zero-order valence-electron chi connectivity index (χ0n) is 37.2. The molecule has 1 aliphatic heterocycles. The first-order chi connectivity index (χ1) is 24.6. The maximum Gasteiger partial charge on any atom is 0.337 e. The largest absolute Gasteiger partial charge is 0.457 e. The molecule has 53 heavy (non-hydrogen) atoms. The molecule has 310 valence electrons. The van der Waals surface area contributed by atoms with Gasteiger partial charge in [-0.2, -0.15) is 0 Å². The van der Waals surface area contributed by atoms with Crippen molar-refractivity contribution in [2.75, 3.05) is 0 Å². The molecule has 2 N–H and O–H groups in total. The molecule has 0 spiro atoms. The number of aliphatic hydroxyl groups excluding tert-OH is 2. The summed E-state index contributed by atoms with van der Waals surface area (Å²) >= 11 is 0. The highest BCUT2D eigenvalue weighted by atomic mass is 28.4. The first-order valence-corrected chi connectivity index (χ1v) is 28.7. The predicted octanol–water partition coefficient (Wildman–Crippen LogP) is 11.7. The summed E-state index contributed by atoms with van der Waals surface area (Å²) in [7, 11) is -5.78. The Kier molecular flexibility index (Phi) is 20.9. The van der Waals surface area contributed by atoms with E-state index in [-0.39, 0.29) is 30.5 Å². The highest BCUT2D eigenvalue weighted by Gasteiger charge is 2.44. The fourth-order valence-electron chi connectivity index (χ4n) is 9.02. The fraction of sp³-hybridized carbons (Fsp3) is 0.884. The van der Waals surface area contributed by atoms with Crippen molar-refractivity contribution in [3.8, 4) is 11.5 Å². The topological polar surface area (TPSA) is 94.5 Å². The van der Waals surface area contributed by atoms with Crippen LogP contribution < -0.4 is 0 Å². The SMILES string of the molecule is CC[Si](CC)(CC)O[C@@H](C[C@@](C)(CCC#C[Si](C(C)C)(C(C)C)C(C)C)O[Si](CC)(CC)CC)[C@H](C)CC[C@H](O)C[C@@H](O)CC1=CC(=O)OC(C)(C)O1. The molecule has 1 aliphatic rings. The summed E-state index contributed by atoms with van der Waals surface area (Å²) in [5.74, 6) is 2.79. The molecule has 0 radical (unpaired) electrons. The predicted molar refractivity (Wildman–Crippen MR) is 230 cm³/mol. The van der Waals surface area contributed by atoms with Gasteiger partial charge in [-0.05, 0) is 91.4 Å². The maximum absolute atomic E-state index is 12.0. The number of rotatable bonds is 25. The summed E-state index contributed by atoms with van der Waals surface area (Å²) in [6.45, 7) is 36.1. The summed E-state index contributed by atoms with van der Waals surface area (Å²) < 4.78 is 25.8. The van der Waals surface area contributed by atoms with Crippen molar-refractivity contribution in [1.82, 2.24) is 0 Å². The first-order valence-electron chi connectivity index (χ1n) is 21.4. The van der Waals surface area contributed by atoms with E-state index in [0.717, 1.165) is 61.9 Å².